The van der Waals surface area contributed by atoms with Crippen LogP contribution in [-0.4, -0.2) is 40.0 Å². The van der Waals surface area contributed by atoms with Crippen molar-refractivity contribution in [1.29, 1.82) is 0 Å². The molecule has 0 aromatic heterocycles. The van der Waals surface area contributed by atoms with Crippen LogP contribution in [0.3, 0.4) is 0 Å². The molecule has 0 saturated heterocycles. The Balaban J connectivity index is 1.81. The molecule has 108 valence electrons. The van der Waals surface area contributed by atoms with E-state index < -0.39 is 18.5 Å². The Morgan fingerprint density at radius 1 is 1.30 bits per heavy atom. The largest absolute Gasteiger partial charge is 0.480 e. The van der Waals surface area contributed by atoms with Crippen molar-refractivity contribution in [2.45, 2.75) is 24.8 Å². The lowest BCUT2D eigenvalue weighted by Gasteiger charge is -2.39. The lowest BCUT2D eigenvalue weighted by atomic mass is 9.76. The minimum atomic E-state index is -1.18. The highest BCUT2D eigenvalue weighted by Gasteiger charge is 2.36. The Morgan fingerprint density at radius 3 is 2.45 bits per heavy atom. The zero-order valence-corrected chi connectivity index (χ0v) is 10.6. The third-order valence-electron chi connectivity index (χ3n) is 3.40. The van der Waals surface area contributed by atoms with Crippen LogP contribution in [-0.2, 0) is 4.79 Å². The van der Waals surface area contributed by atoms with Gasteiger partial charge in [-0.1, -0.05) is 12.1 Å². The third kappa shape index (κ3) is 3.24. The van der Waals surface area contributed by atoms with Gasteiger partial charge in [0.05, 0.1) is 6.04 Å². The van der Waals surface area contributed by atoms with Crippen LogP contribution in [0.25, 0.3) is 0 Å². The summed E-state index contributed by atoms with van der Waals surface area (Å²) in [5.41, 5.74) is 0.960. The number of carboxylic acid groups (broad SMARTS) is 1. The van der Waals surface area contributed by atoms with Crippen LogP contribution < -0.4 is 5.32 Å². The molecule has 1 aromatic carbocycles. The van der Waals surface area contributed by atoms with Crippen molar-refractivity contribution in [1.82, 2.24) is 10.4 Å². The molecule has 6 nitrogen and oxygen atoms in total. The third-order valence-corrected chi connectivity index (χ3v) is 3.40. The number of carbonyl (C=O) groups is 2. The molecule has 7 heteroatoms. The van der Waals surface area contributed by atoms with Gasteiger partial charge >= 0.3 is 12.0 Å². The van der Waals surface area contributed by atoms with Gasteiger partial charge in [-0.15, -0.1) is 0 Å². The summed E-state index contributed by atoms with van der Waals surface area (Å²) in [7, 11) is 0. The molecule has 0 spiro atoms. The molecule has 2 amide bonds. The monoisotopic (exact) mass is 282 g/mol. The number of aliphatic carboxylic acids is 1. The lowest BCUT2D eigenvalue weighted by Crippen LogP contribution is -2.50. The predicted octanol–water partition coefficient (Wildman–Crippen LogP) is 1.56. The fourth-order valence-electron chi connectivity index (χ4n) is 2.19. The van der Waals surface area contributed by atoms with E-state index in [2.05, 4.69) is 5.32 Å². The first-order valence-corrected chi connectivity index (χ1v) is 6.20. The van der Waals surface area contributed by atoms with Crippen LogP contribution >= 0.6 is 0 Å². The van der Waals surface area contributed by atoms with Crippen molar-refractivity contribution in [2.24, 2.45) is 0 Å². The van der Waals surface area contributed by atoms with E-state index in [1.54, 1.807) is 12.1 Å². The molecule has 1 aliphatic carbocycles. The number of nitrogens with one attached hydrogen (secondary N) is 1. The fourth-order valence-corrected chi connectivity index (χ4v) is 2.19. The number of carboxylic acids is 1. The van der Waals surface area contributed by atoms with E-state index in [0.717, 1.165) is 5.56 Å². The number of hydrogen-bond donors (Lipinski definition) is 3. The topological polar surface area (TPSA) is 89.9 Å². The molecule has 0 radical (unpaired) electrons. The molecule has 0 aliphatic heterocycles. The van der Waals surface area contributed by atoms with Gasteiger partial charge in [0.1, 0.15) is 12.4 Å². The normalized spacial score (nSPS) is 20.9. The van der Waals surface area contributed by atoms with E-state index in [1.165, 1.54) is 12.1 Å². The molecule has 1 aliphatic rings. The Bertz CT molecular complexity index is 500. The van der Waals surface area contributed by atoms with E-state index in [9.17, 15) is 19.2 Å². The van der Waals surface area contributed by atoms with E-state index in [4.69, 9.17) is 5.11 Å². The van der Waals surface area contributed by atoms with E-state index in [-0.39, 0.29) is 17.8 Å². The molecule has 0 bridgehead atoms. The van der Waals surface area contributed by atoms with Crippen LogP contribution in [0.1, 0.15) is 24.3 Å². The summed E-state index contributed by atoms with van der Waals surface area (Å²) in [6.07, 6.45) is 1.12. The highest BCUT2D eigenvalue weighted by Crippen LogP contribution is 2.39. The van der Waals surface area contributed by atoms with Gasteiger partial charge in [-0.3, -0.25) is 10.0 Å². The quantitative estimate of drug-likeness (QED) is 0.577. The molecule has 0 heterocycles. The lowest BCUT2D eigenvalue weighted by molar-refractivity contribution is -0.136. The number of hydroxylamine groups is 2. The molecule has 1 saturated carbocycles. The second-order valence-electron chi connectivity index (χ2n) is 4.77. The van der Waals surface area contributed by atoms with Gasteiger partial charge in [-0.25, -0.2) is 14.2 Å². The number of urea groups is 1. The minimum absolute atomic E-state index is 0.169. The second kappa shape index (κ2) is 5.87. The van der Waals surface area contributed by atoms with E-state index in [1.807, 2.05) is 0 Å². The first-order valence-electron chi connectivity index (χ1n) is 6.20. The van der Waals surface area contributed by atoms with Crippen LogP contribution in [0.15, 0.2) is 24.3 Å². The first kappa shape index (κ1) is 14.3. The summed E-state index contributed by atoms with van der Waals surface area (Å²) in [6, 6.07) is 4.94. The summed E-state index contributed by atoms with van der Waals surface area (Å²) in [5, 5.41) is 20.7. The molecular weight excluding hydrogens is 267 g/mol. The van der Waals surface area contributed by atoms with Gasteiger partial charge < -0.3 is 10.4 Å². The number of benzene rings is 1. The van der Waals surface area contributed by atoms with Crippen molar-refractivity contribution in [3.05, 3.63) is 35.6 Å². The molecule has 3 N–H and O–H groups in total. The maximum atomic E-state index is 12.8. The fraction of sp³-hybridized carbons (Fsp3) is 0.385. The van der Waals surface area contributed by atoms with Gasteiger partial charge in [0.25, 0.3) is 0 Å². The van der Waals surface area contributed by atoms with E-state index in [0.29, 0.717) is 17.9 Å². The molecule has 20 heavy (non-hydrogen) atoms. The van der Waals surface area contributed by atoms with Crippen molar-refractivity contribution in [3.63, 3.8) is 0 Å². The summed E-state index contributed by atoms with van der Waals surface area (Å²) in [4.78, 5) is 21.7. The number of halogens is 1. The van der Waals surface area contributed by atoms with Gasteiger partial charge in [0, 0.05) is 0 Å². The maximum absolute atomic E-state index is 12.8. The predicted molar refractivity (Wildman–Crippen MR) is 66.8 cm³/mol. The molecule has 2 rings (SSSR count). The van der Waals surface area contributed by atoms with Crippen molar-refractivity contribution < 1.29 is 24.3 Å². The number of amides is 2. The van der Waals surface area contributed by atoms with Gasteiger partial charge in [0.15, 0.2) is 0 Å². The average Bonchev–Trinajstić information content (AvgIpc) is 2.36. The highest BCUT2D eigenvalue weighted by atomic mass is 19.1. The molecule has 0 unspecified atom stereocenters. The number of rotatable bonds is 4. The highest BCUT2D eigenvalue weighted by molar-refractivity contribution is 5.79. The maximum Gasteiger partial charge on any atom is 0.341 e. The molecule has 0 atom stereocenters. The van der Waals surface area contributed by atoms with E-state index >= 15 is 0 Å². The van der Waals surface area contributed by atoms with Crippen LogP contribution in [0.2, 0.25) is 0 Å². The molecule has 1 aromatic rings. The van der Waals surface area contributed by atoms with Crippen molar-refractivity contribution >= 4 is 12.0 Å². The van der Waals surface area contributed by atoms with Gasteiger partial charge in [-0.05, 0) is 36.5 Å². The Kier molecular flexibility index (Phi) is 4.19. The minimum Gasteiger partial charge on any atom is -0.480 e. The van der Waals surface area contributed by atoms with Crippen LogP contribution in [0.5, 0.6) is 0 Å². The Labute approximate surface area is 114 Å². The summed E-state index contributed by atoms with van der Waals surface area (Å²) < 4.78 is 12.8. The Hall–Kier alpha value is -2.15. The Morgan fingerprint density at radius 2 is 1.90 bits per heavy atom. The van der Waals surface area contributed by atoms with Crippen molar-refractivity contribution in [2.75, 3.05) is 6.54 Å². The van der Waals surface area contributed by atoms with Gasteiger partial charge in [-0.2, -0.15) is 0 Å². The van der Waals surface area contributed by atoms with Gasteiger partial charge in [0.2, 0.25) is 0 Å². The first-order chi connectivity index (χ1) is 9.47. The zero-order valence-electron chi connectivity index (χ0n) is 10.6. The number of carbonyl (C=O) groups excluding carboxylic acids is 1. The SMILES string of the molecule is O=C(O)CNC(=O)N(O)C1CC(c2ccc(F)cc2)C1. The number of nitrogens with zero attached hydrogens (tertiary/aromatic N) is 1. The summed E-state index contributed by atoms with van der Waals surface area (Å²) in [6.45, 7) is -0.538. The zero-order chi connectivity index (χ0) is 14.7. The second-order valence-corrected chi connectivity index (χ2v) is 4.77. The smallest absolute Gasteiger partial charge is 0.341 e. The summed E-state index contributed by atoms with van der Waals surface area (Å²) >= 11 is 0. The van der Waals surface area contributed by atoms with Crippen LogP contribution in [0.4, 0.5) is 9.18 Å². The van der Waals surface area contributed by atoms with Crippen LogP contribution in [0, 0.1) is 5.82 Å². The average molecular weight is 282 g/mol. The standard InChI is InChI=1S/C13H15FN2O4/c14-10-3-1-8(2-4-10)9-5-11(6-9)16(20)13(19)15-7-12(17)18/h1-4,9,11,20H,5-7H2,(H,15,19)(H,17,18). The number of hydrogen-bond acceptors (Lipinski definition) is 3. The molecular formula is C13H15FN2O4. The molecule has 1 fully saturated rings. The summed E-state index contributed by atoms with van der Waals surface area (Å²) in [5.74, 6) is -1.31. The van der Waals surface area contributed by atoms with Crippen molar-refractivity contribution in [3.8, 4) is 0 Å².